The highest BCUT2D eigenvalue weighted by molar-refractivity contribution is 4.85. The highest BCUT2D eigenvalue weighted by atomic mass is 19.1. The van der Waals surface area contributed by atoms with Crippen molar-refractivity contribution in [2.24, 2.45) is 11.7 Å². The van der Waals surface area contributed by atoms with Crippen molar-refractivity contribution in [3.63, 3.8) is 0 Å². The van der Waals surface area contributed by atoms with Crippen molar-refractivity contribution in [2.75, 3.05) is 6.54 Å². The summed E-state index contributed by atoms with van der Waals surface area (Å²) in [5, 5.41) is 9.00. The van der Waals surface area contributed by atoms with Gasteiger partial charge in [0.15, 0.2) is 0 Å². The molecule has 1 fully saturated rings. The second-order valence-electron chi connectivity index (χ2n) is 2.58. The van der Waals surface area contributed by atoms with Gasteiger partial charge in [0, 0.05) is 6.54 Å². The fraction of sp³-hybridized carbons (Fsp3) is 1.00. The summed E-state index contributed by atoms with van der Waals surface area (Å²) >= 11 is 0. The third-order valence-electron chi connectivity index (χ3n) is 1.70. The van der Waals surface area contributed by atoms with Crippen LogP contribution in [-0.4, -0.2) is 23.9 Å². The van der Waals surface area contributed by atoms with E-state index < -0.39 is 12.3 Å². The van der Waals surface area contributed by atoms with Gasteiger partial charge in [-0.2, -0.15) is 0 Å². The molecular weight excluding hydrogens is 121 g/mol. The van der Waals surface area contributed by atoms with Crippen LogP contribution in [-0.2, 0) is 0 Å². The summed E-state index contributed by atoms with van der Waals surface area (Å²) in [4.78, 5) is 0. The largest absolute Gasteiger partial charge is 0.390 e. The zero-order chi connectivity index (χ0) is 6.85. The van der Waals surface area contributed by atoms with Crippen molar-refractivity contribution in [3.05, 3.63) is 0 Å². The molecule has 0 aliphatic heterocycles. The van der Waals surface area contributed by atoms with Crippen LogP contribution in [0.2, 0.25) is 0 Å². The molecule has 1 saturated carbocycles. The first kappa shape index (κ1) is 6.96. The molecule has 0 aromatic heterocycles. The summed E-state index contributed by atoms with van der Waals surface area (Å²) in [7, 11) is 0. The fourth-order valence-electron chi connectivity index (χ4n) is 0.872. The van der Waals surface area contributed by atoms with Crippen LogP contribution in [0.5, 0.6) is 0 Å². The Morgan fingerprint density at radius 2 is 2.22 bits per heavy atom. The molecule has 0 saturated heterocycles. The molecule has 2 atom stereocenters. The Bertz CT molecular complexity index is 95.1. The van der Waals surface area contributed by atoms with Gasteiger partial charge >= 0.3 is 0 Å². The second-order valence-corrected chi connectivity index (χ2v) is 2.58. The molecule has 0 radical (unpaired) electrons. The molecule has 0 spiro atoms. The van der Waals surface area contributed by atoms with Gasteiger partial charge < -0.3 is 10.8 Å². The van der Waals surface area contributed by atoms with Crippen molar-refractivity contribution in [2.45, 2.75) is 25.1 Å². The average molecular weight is 133 g/mol. The van der Waals surface area contributed by atoms with E-state index in [1.54, 1.807) is 0 Å². The minimum Gasteiger partial charge on any atom is -0.390 e. The van der Waals surface area contributed by atoms with Gasteiger partial charge in [-0.25, -0.2) is 4.39 Å². The third-order valence-corrected chi connectivity index (χ3v) is 1.70. The third kappa shape index (κ3) is 1.63. The molecule has 0 unspecified atom stereocenters. The Hall–Kier alpha value is -0.150. The molecule has 1 rings (SSSR count). The lowest BCUT2D eigenvalue weighted by molar-refractivity contribution is 0.0644. The van der Waals surface area contributed by atoms with E-state index in [1.165, 1.54) is 0 Å². The van der Waals surface area contributed by atoms with E-state index in [2.05, 4.69) is 0 Å². The van der Waals surface area contributed by atoms with Crippen molar-refractivity contribution in [3.8, 4) is 0 Å². The molecular formula is C6H12FNO. The van der Waals surface area contributed by atoms with Crippen LogP contribution in [0.4, 0.5) is 4.39 Å². The predicted octanol–water partition coefficient (Wildman–Crippen LogP) is 0.0541. The summed E-state index contributed by atoms with van der Waals surface area (Å²) in [6, 6.07) is 0. The van der Waals surface area contributed by atoms with Gasteiger partial charge in [-0.15, -0.1) is 0 Å². The van der Waals surface area contributed by atoms with Crippen LogP contribution in [0.1, 0.15) is 12.8 Å². The van der Waals surface area contributed by atoms with Gasteiger partial charge in [-0.3, -0.25) is 0 Å². The van der Waals surface area contributed by atoms with Crippen molar-refractivity contribution in [1.82, 2.24) is 0 Å². The van der Waals surface area contributed by atoms with Crippen LogP contribution in [0, 0.1) is 5.92 Å². The topological polar surface area (TPSA) is 46.2 Å². The normalized spacial score (nSPS) is 25.7. The van der Waals surface area contributed by atoms with Crippen molar-refractivity contribution < 1.29 is 9.50 Å². The lowest BCUT2D eigenvalue weighted by Gasteiger charge is -2.11. The summed E-state index contributed by atoms with van der Waals surface area (Å²) < 4.78 is 12.4. The van der Waals surface area contributed by atoms with E-state index in [1.807, 2.05) is 0 Å². The number of rotatable bonds is 3. The molecule has 1 aliphatic rings. The number of halogens is 1. The van der Waals surface area contributed by atoms with Crippen LogP contribution >= 0.6 is 0 Å². The van der Waals surface area contributed by atoms with Crippen LogP contribution in [0.3, 0.4) is 0 Å². The van der Waals surface area contributed by atoms with E-state index in [0.29, 0.717) is 0 Å². The predicted molar refractivity (Wildman–Crippen MR) is 32.7 cm³/mol. The molecule has 3 N–H and O–H groups in total. The van der Waals surface area contributed by atoms with Gasteiger partial charge in [0.05, 0.1) is 6.10 Å². The van der Waals surface area contributed by atoms with Gasteiger partial charge in [0.25, 0.3) is 0 Å². The molecule has 0 amide bonds. The molecule has 2 nitrogen and oxygen atoms in total. The minimum atomic E-state index is -1.21. The summed E-state index contributed by atoms with van der Waals surface area (Å²) in [6.07, 6.45) is -0.0871. The highest BCUT2D eigenvalue weighted by Gasteiger charge is 2.34. The maximum atomic E-state index is 12.4. The van der Waals surface area contributed by atoms with Crippen molar-refractivity contribution >= 4 is 0 Å². The Morgan fingerprint density at radius 1 is 1.67 bits per heavy atom. The monoisotopic (exact) mass is 133 g/mol. The quantitative estimate of drug-likeness (QED) is 0.571. The molecule has 1 aliphatic carbocycles. The average Bonchev–Trinajstić information content (AvgIpc) is 2.66. The molecule has 0 aromatic rings. The lowest BCUT2D eigenvalue weighted by atomic mass is 10.1. The summed E-state index contributed by atoms with van der Waals surface area (Å²) in [5.41, 5.74) is 5.00. The number of alkyl halides is 1. The number of nitrogens with two attached hydrogens (primary N) is 1. The second kappa shape index (κ2) is 2.62. The Kier molecular flexibility index (Phi) is 2.03. The van der Waals surface area contributed by atoms with Crippen LogP contribution in [0.25, 0.3) is 0 Å². The molecule has 9 heavy (non-hydrogen) atoms. The standard InChI is InChI=1S/C6H12FNO/c7-5(3-8)6(9)4-1-2-4/h4-6,9H,1-3,8H2/t5-,6-/m1/s1. The summed E-state index contributed by atoms with van der Waals surface area (Å²) in [6.45, 7) is -0.0579. The maximum Gasteiger partial charge on any atom is 0.138 e. The zero-order valence-corrected chi connectivity index (χ0v) is 5.26. The van der Waals surface area contributed by atoms with Gasteiger partial charge in [0.2, 0.25) is 0 Å². The number of hydrogen-bond donors (Lipinski definition) is 2. The van der Waals surface area contributed by atoms with E-state index in [-0.39, 0.29) is 12.5 Å². The number of hydrogen-bond acceptors (Lipinski definition) is 2. The first-order chi connectivity index (χ1) is 4.25. The van der Waals surface area contributed by atoms with E-state index in [4.69, 9.17) is 10.8 Å². The molecule has 0 aromatic carbocycles. The number of aliphatic hydroxyl groups excluding tert-OH is 1. The van der Waals surface area contributed by atoms with Gasteiger partial charge in [0.1, 0.15) is 6.17 Å². The van der Waals surface area contributed by atoms with E-state index in [0.717, 1.165) is 12.8 Å². The van der Waals surface area contributed by atoms with E-state index in [9.17, 15) is 4.39 Å². The van der Waals surface area contributed by atoms with Crippen molar-refractivity contribution in [1.29, 1.82) is 0 Å². The maximum absolute atomic E-state index is 12.4. The van der Waals surface area contributed by atoms with Gasteiger partial charge in [-0.05, 0) is 18.8 Å². The first-order valence-electron chi connectivity index (χ1n) is 3.28. The fourth-order valence-corrected chi connectivity index (χ4v) is 0.872. The Morgan fingerprint density at radius 3 is 2.56 bits per heavy atom. The van der Waals surface area contributed by atoms with Crippen LogP contribution in [0.15, 0.2) is 0 Å². The SMILES string of the molecule is NC[C@@H](F)[C@H](O)C1CC1. The van der Waals surface area contributed by atoms with Crippen LogP contribution < -0.4 is 5.73 Å². The molecule has 0 bridgehead atoms. The number of aliphatic hydroxyl groups is 1. The molecule has 3 heteroatoms. The smallest absolute Gasteiger partial charge is 0.138 e. The lowest BCUT2D eigenvalue weighted by Crippen LogP contribution is -2.30. The first-order valence-corrected chi connectivity index (χ1v) is 3.28. The minimum absolute atomic E-state index is 0.0579. The highest BCUT2D eigenvalue weighted by Crippen LogP contribution is 2.34. The Labute approximate surface area is 53.9 Å². The van der Waals surface area contributed by atoms with Gasteiger partial charge in [-0.1, -0.05) is 0 Å². The summed E-state index contributed by atoms with van der Waals surface area (Å²) in [5.74, 6) is 0.198. The van der Waals surface area contributed by atoms with E-state index >= 15 is 0 Å². The molecule has 54 valence electrons. The zero-order valence-electron chi connectivity index (χ0n) is 5.26. The Balaban J connectivity index is 2.22. The molecule has 0 heterocycles.